The van der Waals surface area contributed by atoms with E-state index in [1.165, 1.54) is 0 Å². The maximum atomic E-state index is 10.3. The van der Waals surface area contributed by atoms with Crippen molar-refractivity contribution in [2.75, 3.05) is 43.4 Å². The molecule has 0 bridgehead atoms. The summed E-state index contributed by atoms with van der Waals surface area (Å²) in [5, 5.41) is 14.6. The number of H-pyrrole nitrogens is 1. The van der Waals surface area contributed by atoms with Gasteiger partial charge in [-0.05, 0) is 12.8 Å². The maximum absolute atomic E-state index is 10.3. The third-order valence-electron chi connectivity index (χ3n) is 6.09. The van der Waals surface area contributed by atoms with E-state index >= 15 is 0 Å². The summed E-state index contributed by atoms with van der Waals surface area (Å²) in [7, 11) is 0. The van der Waals surface area contributed by atoms with Crippen LogP contribution in [0.15, 0.2) is 12.7 Å². The minimum atomic E-state index is -0.191. The molecule has 3 aromatic rings. The molecule has 5 heterocycles. The number of nitrogens with two attached hydrogens (primary N) is 1. The molecule has 2 unspecified atom stereocenters. The van der Waals surface area contributed by atoms with E-state index in [1.54, 1.807) is 12.7 Å². The van der Waals surface area contributed by atoms with Crippen LogP contribution in [0, 0.1) is 11.3 Å². The number of fused-ring (bicyclic) bond motifs is 2. The molecule has 3 aromatic heterocycles. The van der Waals surface area contributed by atoms with E-state index < -0.39 is 0 Å². The van der Waals surface area contributed by atoms with Crippen molar-refractivity contribution >= 4 is 22.9 Å². The smallest absolute Gasteiger partial charge is 0.224 e. The molecule has 2 saturated heterocycles. The second kappa shape index (κ2) is 6.38. The van der Waals surface area contributed by atoms with E-state index in [4.69, 9.17) is 5.73 Å². The van der Waals surface area contributed by atoms with Crippen LogP contribution in [0.2, 0.25) is 0 Å². The number of nitrogens with one attached hydrogen (secondary N) is 1. The zero-order valence-corrected chi connectivity index (χ0v) is 15.8. The molecular formula is C17H24N10O. The van der Waals surface area contributed by atoms with Crippen LogP contribution >= 0.6 is 0 Å². The molecule has 0 saturated carbocycles. The number of hydrogen-bond donors (Lipinski definition) is 3. The molecular weight excluding hydrogens is 360 g/mol. The van der Waals surface area contributed by atoms with E-state index in [0.29, 0.717) is 11.6 Å². The first kappa shape index (κ1) is 17.3. The molecule has 4 N–H and O–H groups in total. The van der Waals surface area contributed by atoms with Crippen molar-refractivity contribution in [3.05, 3.63) is 18.5 Å². The van der Waals surface area contributed by atoms with Gasteiger partial charge < -0.3 is 20.7 Å². The van der Waals surface area contributed by atoms with Crippen LogP contribution in [0.5, 0.6) is 0 Å². The van der Waals surface area contributed by atoms with Crippen molar-refractivity contribution in [3.8, 4) is 0 Å². The van der Waals surface area contributed by atoms with E-state index in [-0.39, 0.29) is 18.0 Å². The van der Waals surface area contributed by atoms with Crippen LogP contribution in [0.3, 0.4) is 0 Å². The molecule has 2 fully saturated rings. The first-order chi connectivity index (χ1) is 13.6. The summed E-state index contributed by atoms with van der Waals surface area (Å²) < 4.78 is 1.92. The Labute approximate surface area is 161 Å². The average molecular weight is 384 g/mol. The van der Waals surface area contributed by atoms with Gasteiger partial charge in [-0.25, -0.2) is 14.6 Å². The predicted octanol–water partition coefficient (Wildman–Crippen LogP) is -0.523. The summed E-state index contributed by atoms with van der Waals surface area (Å²) in [4.78, 5) is 24.9. The van der Waals surface area contributed by atoms with Crippen molar-refractivity contribution in [2.45, 2.75) is 20.0 Å². The predicted molar refractivity (Wildman–Crippen MR) is 102 cm³/mol. The summed E-state index contributed by atoms with van der Waals surface area (Å²) in [6.07, 6.45) is 3.21. The molecule has 5 rings (SSSR count). The number of aromatic nitrogens is 7. The number of nitrogen functional groups attached to an aromatic ring is 1. The summed E-state index contributed by atoms with van der Waals surface area (Å²) in [5.74, 6) is 2.28. The first-order valence-electron chi connectivity index (χ1n) is 9.53. The molecule has 11 nitrogen and oxygen atoms in total. The second-order valence-electron chi connectivity index (χ2n) is 7.77. The Morgan fingerprint density at radius 3 is 2.96 bits per heavy atom. The van der Waals surface area contributed by atoms with Gasteiger partial charge in [-0.3, -0.25) is 4.90 Å². The second-order valence-corrected chi connectivity index (χ2v) is 7.77. The molecule has 2 aliphatic heterocycles. The maximum Gasteiger partial charge on any atom is 0.224 e. The van der Waals surface area contributed by atoms with Gasteiger partial charge in [-0.15, -0.1) is 0 Å². The van der Waals surface area contributed by atoms with E-state index in [9.17, 15) is 5.11 Å². The third kappa shape index (κ3) is 2.61. The topological polar surface area (TPSA) is 138 Å². The summed E-state index contributed by atoms with van der Waals surface area (Å²) in [6, 6.07) is 0. The highest BCUT2D eigenvalue weighted by Gasteiger charge is 2.52. The molecule has 0 aromatic carbocycles. The Balaban J connectivity index is 1.38. The fourth-order valence-corrected chi connectivity index (χ4v) is 4.73. The quantitative estimate of drug-likeness (QED) is 0.530. The van der Waals surface area contributed by atoms with E-state index in [2.05, 4.69) is 46.7 Å². The number of aliphatic hydroxyl groups is 1. The third-order valence-corrected chi connectivity index (χ3v) is 6.09. The van der Waals surface area contributed by atoms with Gasteiger partial charge in [0, 0.05) is 38.1 Å². The van der Waals surface area contributed by atoms with Gasteiger partial charge in [0.05, 0.1) is 19.5 Å². The number of hydrogen-bond acceptors (Lipinski definition) is 9. The lowest BCUT2D eigenvalue weighted by Crippen LogP contribution is -2.37. The highest BCUT2D eigenvalue weighted by Crippen LogP contribution is 2.44. The molecule has 0 spiro atoms. The largest absolute Gasteiger partial charge is 0.396 e. The molecule has 148 valence electrons. The lowest BCUT2D eigenvalue weighted by molar-refractivity contribution is 0.125. The zero-order valence-electron chi connectivity index (χ0n) is 15.8. The highest BCUT2D eigenvalue weighted by molar-refractivity contribution is 5.84. The van der Waals surface area contributed by atoms with Gasteiger partial charge in [0.15, 0.2) is 11.5 Å². The van der Waals surface area contributed by atoms with Gasteiger partial charge in [-0.1, -0.05) is 0 Å². The van der Waals surface area contributed by atoms with Gasteiger partial charge in [0.25, 0.3) is 0 Å². The lowest BCUT2D eigenvalue weighted by Gasteiger charge is -2.27. The fraction of sp³-hybridized carbons (Fsp3) is 0.588. The number of imidazole rings is 1. The molecule has 28 heavy (non-hydrogen) atoms. The van der Waals surface area contributed by atoms with Crippen LogP contribution < -0.4 is 10.6 Å². The Hall–Kier alpha value is -2.79. The minimum Gasteiger partial charge on any atom is -0.396 e. The van der Waals surface area contributed by atoms with Crippen molar-refractivity contribution in [3.63, 3.8) is 0 Å². The molecule has 11 heteroatoms. The molecule has 0 amide bonds. The number of rotatable bonds is 5. The summed E-state index contributed by atoms with van der Waals surface area (Å²) >= 11 is 0. The number of aliphatic hydroxyl groups excluding tert-OH is 1. The number of aryl methyl sites for hydroxylation is 1. The van der Waals surface area contributed by atoms with Crippen molar-refractivity contribution in [1.82, 2.24) is 39.6 Å². The first-order valence-corrected chi connectivity index (χ1v) is 9.53. The van der Waals surface area contributed by atoms with Crippen LogP contribution in [0.1, 0.15) is 12.7 Å². The van der Waals surface area contributed by atoms with Gasteiger partial charge >= 0.3 is 0 Å². The standard InChI is InChI=1S/C17H24N10O/c1-2-27-12(19-10-22-27)5-25-3-11-4-26(7-17(11,6-25)8-28)15-13-14(21-9-20-13)23-16(18)24-15/h9-11,28H,2-8H2,1H3,(H3,18,20,21,23,24). The van der Waals surface area contributed by atoms with Crippen LogP contribution in [-0.2, 0) is 13.1 Å². The molecule has 0 radical (unpaired) electrons. The number of likely N-dealkylation sites (tertiary alicyclic amines) is 1. The van der Waals surface area contributed by atoms with Gasteiger partial charge in [-0.2, -0.15) is 15.1 Å². The van der Waals surface area contributed by atoms with Gasteiger partial charge in [0.2, 0.25) is 5.95 Å². The minimum absolute atomic E-state index is 0.137. The number of nitrogens with zero attached hydrogens (tertiary/aromatic N) is 8. The normalized spacial score (nSPS) is 25.1. The van der Waals surface area contributed by atoms with Crippen molar-refractivity contribution in [1.29, 1.82) is 0 Å². The Morgan fingerprint density at radius 2 is 2.18 bits per heavy atom. The molecule has 2 atom stereocenters. The molecule has 0 aliphatic carbocycles. The van der Waals surface area contributed by atoms with Crippen LogP contribution in [0.4, 0.5) is 11.8 Å². The monoisotopic (exact) mass is 384 g/mol. The van der Waals surface area contributed by atoms with E-state index in [1.807, 2.05) is 4.68 Å². The average Bonchev–Trinajstić information content (AvgIpc) is 3.43. The number of aromatic amines is 1. The molecule has 2 aliphatic rings. The van der Waals surface area contributed by atoms with Crippen LogP contribution in [-0.4, -0.2) is 77.5 Å². The van der Waals surface area contributed by atoms with Crippen molar-refractivity contribution < 1.29 is 5.11 Å². The van der Waals surface area contributed by atoms with Gasteiger partial charge in [0.1, 0.15) is 17.7 Å². The van der Waals surface area contributed by atoms with Crippen molar-refractivity contribution in [2.24, 2.45) is 11.3 Å². The Kier molecular flexibility index (Phi) is 3.95. The Morgan fingerprint density at radius 1 is 1.29 bits per heavy atom. The van der Waals surface area contributed by atoms with E-state index in [0.717, 1.165) is 56.4 Å². The lowest BCUT2D eigenvalue weighted by atomic mass is 9.82. The van der Waals surface area contributed by atoms with Crippen LogP contribution in [0.25, 0.3) is 11.2 Å². The highest BCUT2D eigenvalue weighted by atomic mass is 16.3. The SMILES string of the molecule is CCn1ncnc1CN1CC2CN(c3nc(N)nc4nc[nH]c34)CC2(CO)C1. The fourth-order valence-electron chi connectivity index (χ4n) is 4.73. The summed E-state index contributed by atoms with van der Waals surface area (Å²) in [5.41, 5.74) is 7.05. The Bertz CT molecular complexity index is 999. The summed E-state index contributed by atoms with van der Waals surface area (Å²) in [6.45, 7) is 7.00. The number of anilines is 2. The zero-order chi connectivity index (χ0) is 19.3.